The first-order valence-electron chi connectivity index (χ1n) is 9.90. The second-order valence-electron chi connectivity index (χ2n) is 7.45. The summed E-state index contributed by atoms with van der Waals surface area (Å²) in [7, 11) is 0. The second kappa shape index (κ2) is 10.2. The molecule has 29 heavy (non-hydrogen) atoms. The number of amides is 3. The van der Waals surface area contributed by atoms with Gasteiger partial charge in [0.05, 0.1) is 17.5 Å². The van der Waals surface area contributed by atoms with Gasteiger partial charge in [-0.1, -0.05) is 36.0 Å². The molecule has 1 aromatic rings. The van der Waals surface area contributed by atoms with Crippen molar-refractivity contribution < 1.29 is 19.1 Å². The lowest BCUT2D eigenvalue weighted by atomic mass is 10.1. The van der Waals surface area contributed by atoms with Gasteiger partial charge < -0.3 is 9.64 Å². The van der Waals surface area contributed by atoms with E-state index < -0.39 is 5.92 Å². The van der Waals surface area contributed by atoms with Crippen LogP contribution < -0.4 is 15.6 Å². The topological polar surface area (TPSA) is 87.7 Å². The van der Waals surface area contributed by atoms with E-state index in [1.165, 1.54) is 0 Å². The van der Waals surface area contributed by atoms with Crippen LogP contribution in [0.15, 0.2) is 18.2 Å². The lowest BCUT2D eigenvalue weighted by molar-refractivity contribution is -0.131. The van der Waals surface area contributed by atoms with E-state index >= 15 is 0 Å². The molecule has 1 aliphatic carbocycles. The molecule has 1 heterocycles. The Bertz CT molecular complexity index is 768. The number of benzene rings is 1. The lowest BCUT2D eigenvalue weighted by Gasteiger charge is -2.23. The normalized spacial score (nSPS) is 19.4. The summed E-state index contributed by atoms with van der Waals surface area (Å²) < 4.78 is 5.52. The van der Waals surface area contributed by atoms with Gasteiger partial charge in [-0.05, 0) is 37.5 Å². The molecule has 1 saturated heterocycles. The average Bonchev–Trinajstić information content (AvgIpc) is 3.34. The third kappa shape index (κ3) is 6.00. The van der Waals surface area contributed by atoms with Gasteiger partial charge in [0.15, 0.2) is 0 Å². The predicted octanol–water partition coefficient (Wildman–Crippen LogP) is 3.09. The van der Waals surface area contributed by atoms with Gasteiger partial charge in [0.1, 0.15) is 5.75 Å². The van der Waals surface area contributed by atoms with Crippen LogP contribution in [0, 0.1) is 5.92 Å². The maximum Gasteiger partial charge on any atom is 0.243 e. The largest absolute Gasteiger partial charge is 0.492 e. The van der Waals surface area contributed by atoms with E-state index in [2.05, 4.69) is 10.9 Å². The molecule has 2 N–H and O–H groups in total. The number of nitrogens with one attached hydrogen (secondary N) is 2. The van der Waals surface area contributed by atoms with Gasteiger partial charge in [-0.25, -0.2) is 0 Å². The molecule has 2 fully saturated rings. The summed E-state index contributed by atoms with van der Waals surface area (Å²) in [5.74, 6) is -0.528. The molecule has 0 spiro atoms. The molecule has 2 aliphatic rings. The van der Waals surface area contributed by atoms with Crippen molar-refractivity contribution in [3.8, 4) is 5.75 Å². The molecule has 1 unspecified atom stereocenters. The molecule has 1 aromatic carbocycles. The van der Waals surface area contributed by atoms with E-state index in [1.807, 2.05) is 4.90 Å². The fourth-order valence-corrected chi connectivity index (χ4v) is 4.24. The number of halogens is 2. The highest BCUT2D eigenvalue weighted by Crippen LogP contribution is 2.29. The number of hydrogen-bond acceptors (Lipinski definition) is 4. The smallest absolute Gasteiger partial charge is 0.243 e. The number of hydrogen-bond donors (Lipinski definition) is 2. The van der Waals surface area contributed by atoms with Crippen LogP contribution in [-0.2, 0) is 14.4 Å². The highest BCUT2D eigenvalue weighted by molar-refractivity contribution is 6.35. The Labute approximate surface area is 180 Å². The Morgan fingerprint density at radius 2 is 1.93 bits per heavy atom. The zero-order chi connectivity index (χ0) is 20.8. The zero-order valence-corrected chi connectivity index (χ0v) is 17.6. The summed E-state index contributed by atoms with van der Waals surface area (Å²) in [6.07, 6.45) is 5.14. The molecule has 0 radical (unpaired) electrons. The first kappa shape index (κ1) is 21.7. The van der Waals surface area contributed by atoms with E-state index in [9.17, 15) is 14.4 Å². The number of nitrogens with zero attached hydrogens (tertiary/aromatic N) is 1. The fourth-order valence-electron chi connectivity index (χ4n) is 3.78. The van der Waals surface area contributed by atoms with Crippen molar-refractivity contribution in [1.82, 2.24) is 15.8 Å². The average molecular weight is 442 g/mol. The number of carbonyl (C=O) groups is 3. The van der Waals surface area contributed by atoms with Crippen molar-refractivity contribution in [3.05, 3.63) is 28.2 Å². The number of rotatable bonds is 7. The molecule has 1 atom stereocenters. The molecular weight excluding hydrogens is 417 g/mol. The van der Waals surface area contributed by atoms with E-state index in [0.717, 1.165) is 25.7 Å². The van der Waals surface area contributed by atoms with E-state index in [0.29, 0.717) is 35.4 Å². The Morgan fingerprint density at radius 3 is 2.66 bits per heavy atom. The van der Waals surface area contributed by atoms with Crippen molar-refractivity contribution in [2.24, 2.45) is 5.92 Å². The zero-order valence-electron chi connectivity index (χ0n) is 16.1. The van der Waals surface area contributed by atoms with Gasteiger partial charge in [0.25, 0.3) is 0 Å². The number of ether oxygens (including phenoxy) is 1. The summed E-state index contributed by atoms with van der Waals surface area (Å²) in [4.78, 5) is 38.2. The minimum Gasteiger partial charge on any atom is -0.492 e. The van der Waals surface area contributed by atoms with Crippen molar-refractivity contribution in [1.29, 1.82) is 0 Å². The van der Waals surface area contributed by atoms with Crippen LogP contribution in [0.5, 0.6) is 5.75 Å². The van der Waals surface area contributed by atoms with Crippen LogP contribution in [0.2, 0.25) is 10.0 Å². The van der Waals surface area contributed by atoms with E-state index in [-0.39, 0.29) is 36.6 Å². The number of carbonyl (C=O) groups excluding carboxylic acids is 3. The van der Waals surface area contributed by atoms with E-state index in [4.69, 9.17) is 27.9 Å². The van der Waals surface area contributed by atoms with Crippen LogP contribution in [0.4, 0.5) is 0 Å². The third-order valence-electron chi connectivity index (χ3n) is 5.32. The van der Waals surface area contributed by atoms with Gasteiger partial charge in [0, 0.05) is 30.5 Å². The molecule has 158 valence electrons. The Balaban J connectivity index is 1.33. The summed E-state index contributed by atoms with van der Waals surface area (Å²) in [5.41, 5.74) is 4.84. The third-order valence-corrected chi connectivity index (χ3v) is 5.85. The monoisotopic (exact) mass is 441 g/mol. The van der Waals surface area contributed by atoms with Crippen LogP contribution in [-0.4, -0.2) is 41.8 Å². The molecule has 7 nitrogen and oxygen atoms in total. The van der Waals surface area contributed by atoms with Crippen molar-refractivity contribution in [2.45, 2.75) is 51.0 Å². The van der Waals surface area contributed by atoms with E-state index in [1.54, 1.807) is 18.2 Å². The summed E-state index contributed by atoms with van der Waals surface area (Å²) >= 11 is 11.8. The molecule has 0 aromatic heterocycles. The Kier molecular flexibility index (Phi) is 7.61. The van der Waals surface area contributed by atoms with Crippen LogP contribution in [0.3, 0.4) is 0 Å². The van der Waals surface area contributed by atoms with Gasteiger partial charge in [-0.3, -0.25) is 25.2 Å². The first-order valence-corrected chi connectivity index (χ1v) is 10.7. The summed E-state index contributed by atoms with van der Waals surface area (Å²) in [6, 6.07) is 5.20. The first-order chi connectivity index (χ1) is 13.9. The minimum atomic E-state index is -0.418. The summed E-state index contributed by atoms with van der Waals surface area (Å²) in [5, 5.41) is 0.930. The van der Waals surface area contributed by atoms with Crippen LogP contribution in [0.1, 0.15) is 44.9 Å². The molecule has 1 saturated carbocycles. The van der Waals surface area contributed by atoms with Crippen molar-refractivity contribution in [3.63, 3.8) is 0 Å². The van der Waals surface area contributed by atoms with Gasteiger partial charge >= 0.3 is 0 Å². The van der Waals surface area contributed by atoms with Crippen LogP contribution in [0.25, 0.3) is 0 Å². The molecule has 1 aliphatic heterocycles. The molecule has 3 rings (SSSR count). The second-order valence-corrected chi connectivity index (χ2v) is 8.29. The standard InChI is InChI=1S/C20H25Cl2N3O4/c21-14-7-8-17(16(22)11-14)29-9-3-6-18(26)23-24-20(28)13-10-19(27)25(12-13)15-4-1-2-5-15/h7-8,11,13,15H,1-6,9-10,12H2,(H,23,26)(H,24,28). The number of hydrazine groups is 1. The number of likely N-dealkylation sites (tertiary alicyclic amines) is 1. The Hall–Kier alpha value is -1.99. The quantitative estimate of drug-likeness (QED) is 0.502. The Morgan fingerprint density at radius 1 is 1.17 bits per heavy atom. The maximum atomic E-state index is 12.3. The molecule has 9 heteroatoms. The fraction of sp³-hybridized carbons (Fsp3) is 0.550. The molecule has 3 amide bonds. The van der Waals surface area contributed by atoms with Gasteiger partial charge in [0.2, 0.25) is 17.7 Å². The van der Waals surface area contributed by atoms with Crippen molar-refractivity contribution in [2.75, 3.05) is 13.2 Å². The van der Waals surface area contributed by atoms with Gasteiger partial charge in [-0.15, -0.1) is 0 Å². The predicted molar refractivity (Wildman–Crippen MR) is 110 cm³/mol. The lowest BCUT2D eigenvalue weighted by Crippen LogP contribution is -2.45. The van der Waals surface area contributed by atoms with Gasteiger partial charge in [-0.2, -0.15) is 0 Å². The highest BCUT2D eigenvalue weighted by Gasteiger charge is 2.38. The van der Waals surface area contributed by atoms with Crippen LogP contribution >= 0.6 is 23.2 Å². The molecular formula is C20H25Cl2N3O4. The maximum absolute atomic E-state index is 12.3. The SMILES string of the molecule is O=C(CCCOc1ccc(Cl)cc1Cl)NNC(=O)C1CC(=O)N(C2CCCC2)C1. The molecule has 0 bridgehead atoms. The van der Waals surface area contributed by atoms with Crippen molar-refractivity contribution >= 4 is 40.9 Å². The highest BCUT2D eigenvalue weighted by atomic mass is 35.5. The summed E-state index contributed by atoms with van der Waals surface area (Å²) in [6.45, 7) is 0.733. The minimum absolute atomic E-state index is 0.0291.